The fourth-order valence-electron chi connectivity index (χ4n) is 1.53. The zero-order chi connectivity index (χ0) is 14.3. The summed E-state index contributed by atoms with van der Waals surface area (Å²) in [5.41, 5.74) is 1.83. The van der Waals surface area contributed by atoms with E-state index in [4.69, 9.17) is 4.74 Å². The van der Waals surface area contributed by atoms with Gasteiger partial charge in [-0.2, -0.15) is 0 Å². The zero-order valence-corrected chi connectivity index (χ0v) is 11.1. The van der Waals surface area contributed by atoms with E-state index in [9.17, 15) is 9.90 Å². The predicted molar refractivity (Wildman–Crippen MR) is 75.1 cm³/mol. The molecule has 0 saturated carbocycles. The number of carbonyl (C=O) groups excluding carboxylic acids is 1. The van der Waals surface area contributed by atoms with Gasteiger partial charge in [-0.3, -0.25) is 0 Å². The Morgan fingerprint density at radius 2 is 2.11 bits per heavy atom. The molecule has 0 aromatic heterocycles. The number of phenols is 1. The molecule has 1 amide bonds. The van der Waals surface area contributed by atoms with Crippen LogP contribution < -0.4 is 5.32 Å². The highest BCUT2D eigenvalue weighted by molar-refractivity contribution is 5.68. The Labute approximate surface area is 113 Å². The molecule has 1 aromatic carbocycles. The van der Waals surface area contributed by atoms with Crippen molar-refractivity contribution in [2.45, 2.75) is 19.4 Å². The Hall–Kier alpha value is -2.23. The lowest BCUT2D eigenvalue weighted by molar-refractivity contribution is 0.155. The molecule has 0 aliphatic carbocycles. The summed E-state index contributed by atoms with van der Waals surface area (Å²) in [4.78, 5) is 11.5. The number of phenolic OH excluding ortho intramolecular Hbond substituents is 1. The second-order valence-corrected chi connectivity index (χ2v) is 4.30. The number of hydrogen-bond donors (Lipinski definition) is 2. The number of benzene rings is 1. The van der Waals surface area contributed by atoms with Crippen LogP contribution in [0, 0.1) is 0 Å². The van der Waals surface area contributed by atoms with Crippen molar-refractivity contribution in [1.82, 2.24) is 5.32 Å². The van der Waals surface area contributed by atoms with Crippen LogP contribution in [-0.4, -0.2) is 23.8 Å². The molecular formula is C15H19NO3. The molecule has 19 heavy (non-hydrogen) atoms. The highest BCUT2D eigenvalue weighted by Crippen LogP contribution is 2.13. The van der Waals surface area contributed by atoms with Gasteiger partial charge in [0.2, 0.25) is 0 Å². The van der Waals surface area contributed by atoms with Gasteiger partial charge in [0, 0.05) is 0 Å². The summed E-state index contributed by atoms with van der Waals surface area (Å²) in [7, 11) is 0. The smallest absolute Gasteiger partial charge is 0.407 e. The summed E-state index contributed by atoms with van der Waals surface area (Å²) < 4.78 is 4.88. The van der Waals surface area contributed by atoms with Crippen LogP contribution in [-0.2, 0) is 11.2 Å². The van der Waals surface area contributed by atoms with Crippen LogP contribution in [0.25, 0.3) is 0 Å². The van der Waals surface area contributed by atoms with Gasteiger partial charge in [0.05, 0.1) is 6.04 Å². The van der Waals surface area contributed by atoms with Crippen molar-refractivity contribution in [1.29, 1.82) is 0 Å². The van der Waals surface area contributed by atoms with Crippen molar-refractivity contribution < 1.29 is 14.6 Å². The lowest BCUT2D eigenvalue weighted by atomic mass is 10.0. The van der Waals surface area contributed by atoms with E-state index in [2.05, 4.69) is 18.5 Å². The van der Waals surface area contributed by atoms with Gasteiger partial charge in [-0.25, -0.2) is 4.79 Å². The molecular weight excluding hydrogens is 242 g/mol. The van der Waals surface area contributed by atoms with Gasteiger partial charge in [0.1, 0.15) is 12.4 Å². The van der Waals surface area contributed by atoms with Crippen molar-refractivity contribution in [3.63, 3.8) is 0 Å². The van der Waals surface area contributed by atoms with E-state index in [1.807, 2.05) is 19.1 Å². The Kier molecular flexibility index (Phi) is 5.67. The van der Waals surface area contributed by atoms with Crippen molar-refractivity contribution in [2.75, 3.05) is 6.61 Å². The summed E-state index contributed by atoms with van der Waals surface area (Å²) in [6.45, 7) is 9.36. The van der Waals surface area contributed by atoms with Gasteiger partial charge < -0.3 is 15.2 Å². The van der Waals surface area contributed by atoms with E-state index in [0.717, 1.165) is 11.1 Å². The predicted octanol–water partition coefficient (Wildman–Crippen LogP) is 2.79. The summed E-state index contributed by atoms with van der Waals surface area (Å²) in [6.07, 6.45) is 1.61. The van der Waals surface area contributed by atoms with E-state index in [0.29, 0.717) is 6.42 Å². The molecule has 1 atom stereocenters. The van der Waals surface area contributed by atoms with E-state index < -0.39 is 6.09 Å². The fourth-order valence-corrected chi connectivity index (χ4v) is 1.53. The van der Waals surface area contributed by atoms with Gasteiger partial charge in [0.15, 0.2) is 0 Å². The molecule has 4 nitrogen and oxygen atoms in total. The third-order valence-electron chi connectivity index (χ3n) is 2.60. The molecule has 1 unspecified atom stereocenters. The second kappa shape index (κ2) is 7.26. The zero-order valence-electron chi connectivity index (χ0n) is 11.1. The van der Waals surface area contributed by atoms with E-state index >= 15 is 0 Å². The minimum atomic E-state index is -0.494. The van der Waals surface area contributed by atoms with Crippen molar-refractivity contribution in [3.05, 3.63) is 54.6 Å². The normalized spacial score (nSPS) is 11.4. The van der Waals surface area contributed by atoms with Crippen LogP contribution >= 0.6 is 0 Å². The van der Waals surface area contributed by atoms with Gasteiger partial charge in [0.25, 0.3) is 0 Å². The minimum absolute atomic E-state index is 0.175. The molecule has 0 spiro atoms. The monoisotopic (exact) mass is 261 g/mol. The van der Waals surface area contributed by atoms with Crippen LogP contribution in [0.4, 0.5) is 4.79 Å². The maximum absolute atomic E-state index is 11.5. The van der Waals surface area contributed by atoms with E-state index in [-0.39, 0.29) is 18.4 Å². The Balaban J connectivity index is 2.62. The molecule has 1 aromatic rings. The number of hydrogen-bond acceptors (Lipinski definition) is 3. The number of alkyl carbamates (subject to hydrolysis) is 1. The van der Waals surface area contributed by atoms with Crippen LogP contribution in [0.5, 0.6) is 5.75 Å². The van der Waals surface area contributed by atoms with Gasteiger partial charge in [-0.15, -0.1) is 0 Å². The van der Waals surface area contributed by atoms with Crippen molar-refractivity contribution in [2.24, 2.45) is 0 Å². The fraction of sp³-hybridized carbons (Fsp3) is 0.267. The number of rotatable bonds is 6. The average Bonchev–Trinajstić information content (AvgIpc) is 2.38. The molecule has 0 aliphatic heterocycles. The first-order valence-corrected chi connectivity index (χ1v) is 6.00. The maximum atomic E-state index is 11.5. The molecule has 0 saturated heterocycles. The molecule has 4 heteroatoms. The number of ether oxygens (including phenoxy) is 1. The molecule has 102 valence electrons. The van der Waals surface area contributed by atoms with Crippen LogP contribution in [0.15, 0.2) is 49.1 Å². The Morgan fingerprint density at radius 1 is 1.47 bits per heavy atom. The first-order valence-electron chi connectivity index (χ1n) is 6.00. The van der Waals surface area contributed by atoms with E-state index in [1.165, 1.54) is 6.08 Å². The van der Waals surface area contributed by atoms with E-state index in [1.54, 1.807) is 12.1 Å². The molecule has 0 aliphatic rings. The largest absolute Gasteiger partial charge is 0.508 e. The summed E-state index contributed by atoms with van der Waals surface area (Å²) >= 11 is 0. The van der Waals surface area contributed by atoms with Crippen LogP contribution in [0.1, 0.15) is 12.5 Å². The third kappa shape index (κ3) is 5.29. The lowest BCUT2D eigenvalue weighted by Crippen LogP contribution is -2.37. The molecule has 1 rings (SSSR count). The van der Waals surface area contributed by atoms with Crippen LogP contribution in [0.3, 0.4) is 0 Å². The summed E-state index contributed by atoms with van der Waals surface area (Å²) in [5, 5.41) is 12.0. The van der Waals surface area contributed by atoms with Gasteiger partial charge >= 0.3 is 6.09 Å². The highest BCUT2D eigenvalue weighted by Gasteiger charge is 2.14. The molecule has 0 fully saturated rings. The number of carbonyl (C=O) groups is 1. The number of amides is 1. The minimum Gasteiger partial charge on any atom is -0.508 e. The first kappa shape index (κ1) is 14.8. The van der Waals surface area contributed by atoms with Crippen molar-refractivity contribution >= 4 is 6.09 Å². The van der Waals surface area contributed by atoms with Crippen molar-refractivity contribution in [3.8, 4) is 5.75 Å². The topological polar surface area (TPSA) is 58.6 Å². The third-order valence-corrected chi connectivity index (χ3v) is 2.60. The molecule has 0 heterocycles. The first-order chi connectivity index (χ1) is 9.02. The average molecular weight is 261 g/mol. The summed E-state index contributed by atoms with van der Waals surface area (Å²) in [6, 6.07) is 6.63. The highest BCUT2D eigenvalue weighted by atomic mass is 16.5. The second-order valence-electron chi connectivity index (χ2n) is 4.30. The van der Waals surface area contributed by atoms with Gasteiger partial charge in [-0.05, 0) is 31.0 Å². The van der Waals surface area contributed by atoms with Gasteiger partial charge in [-0.1, -0.05) is 36.9 Å². The lowest BCUT2D eigenvalue weighted by Gasteiger charge is -2.18. The molecule has 2 N–H and O–H groups in total. The quantitative estimate of drug-likeness (QED) is 0.774. The Bertz CT molecular complexity index is 451. The van der Waals surface area contributed by atoms with Crippen LogP contribution in [0.2, 0.25) is 0 Å². The standard InChI is InChI=1S/C15H19NO3/c1-4-9-19-15(18)16-14(11(2)3)10-12-5-7-13(17)8-6-12/h4-8,14,17H,1-2,9-10H2,3H3,(H,16,18). The SMILES string of the molecule is C=CCOC(=O)NC(Cc1ccc(O)cc1)C(=C)C. The molecule has 0 bridgehead atoms. The Morgan fingerprint density at radius 3 is 2.63 bits per heavy atom. The number of aromatic hydroxyl groups is 1. The number of nitrogens with one attached hydrogen (secondary N) is 1. The maximum Gasteiger partial charge on any atom is 0.407 e. The summed E-state index contributed by atoms with van der Waals surface area (Å²) in [5.74, 6) is 0.217. The molecule has 0 radical (unpaired) electrons.